The largest absolute Gasteiger partial charge is 0.468 e. The van der Waals surface area contributed by atoms with Crippen LogP contribution in [-0.4, -0.2) is 37.7 Å². The SMILES string of the molecule is COC(=O)C1C(=O)C2=C(CC1C)NC(C)=C(C(=O)OC1CCCCCC1)C2c1ccc2c(c1)OCO2. The number of rotatable bonds is 4. The van der Waals surface area contributed by atoms with Crippen LogP contribution in [0.1, 0.15) is 70.3 Å². The number of ketones is 1. The molecule has 0 amide bonds. The van der Waals surface area contributed by atoms with Crippen LogP contribution < -0.4 is 14.8 Å². The molecular weight excluding hydrogens is 462 g/mol. The Morgan fingerprint density at radius 3 is 2.50 bits per heavy atom. The van der Waals surface area contributed by atoms with E-state index in [4.69, 9.17) is 18.9 Å². The van der Waals surface area contributed by atoms with Crippen molar-refractivity contribution in [2.75, 3.05) is 13.9 Å². The molecular formula is C28H33NO7. The molecule has 36 heavy (non-hydrogen) atoms. The number of methoxy groups -OCH3 is 1. The average Bonchev–Trinajstić information content (AvgIpc) is 3.18. The zero-order valence-corrected chi connectivity index (χ0v) is 21.1. The molecule has 8 nitrogen and oxygen atoms in total. The van der Waals surface area contributed by atoms with E-state index in [1.807, 2.05) is 26.0 Å². The number of allylic oxidation sites excluding steroid dienone is 3. The van der Waals surface area contributed by atoms with Gasteiger partial charge in [-0.1, -0.05) is 25.8 Å². The Morgan fingerprint density at radius 2 is 1.78 bits per heavy atom. The second-order valence-electron chi connectivity index (χ2n) is 10.2. The molecule has 0 aromatic heterocycles. The van der Waals surface area contributed by atoms with Crippen LogP contribution >= 0.6 is 0 Å². The van der Waals surface area contributed by atoms with Crippen molar-refractivity contribution in [1.82, 2.24) is 5.32 Å². The lowest BCUT2D eigenvalue weighted by molar-refractivity contribution is -0.151. The molecule has 0 radical (unpaired) electrons. The smallest absolute Gasteiger partial charge is 0.337 e. The van der Waals surface area contributed by atoms with Crippen molar-refractivity contribution in [3.05, 3.63) is 46.3 Å². The normalized spacial score (nSPS) is 26.2. The number of benzene rings is 1. The summed E-state index contributed by atoms with van der Waals surface area (Å²) >= 11 is 0. The quantitative estimate of drug-likeness (QED) is 0.375. The highest BCUT2D eigenvalue weighted by atomic mass is 16.7. The van der Waals surface area contributed by atoms with E-state index in [0.717, 1.165) is 44.2 Å². The number of ether oxygens (including phenoxy) is 4. The Balaban J connectivity index is 1.57. The molecule has 1 aromatic rings. The van der Waals surface area contributed by atoms with Crippen molar-refractivity contribution in [3.63, 3.8) is 0 Å². The Kier molecular flexibility index (Phi) is 6.77. The second-order valence-corrected chi connectivity index (χ2v) is 10.2. The van der Waals surface area contributed by atoms with E-state index in [1.54, 1.807) is 6.07 Å². The fourth-order valence-corrected chi connectivity index (χ4v) is 5.95. The van der Waals surface area contributed by atoms with Gasteiger partial charge in [0.1, 0.15) is 12.0 Å². The summed E-state index contributed by atoms with van der Waals surface area (Å²) < 4.78 is 22.1. The molecule has 3 atom stereocenters. The second kappa shape index (κ2) is 9.99. The Hall–Kier alpha value is -3.29. The van der Waals surface area contributed by atoms with E-state index < -0.39 is 23.8 Å². The first-order valence-electron chi connectivity index (χ1n) is 12.8. The lowest BCUT2D eigenvalue weighted by Gasteiger charge is -2.38. The van der Waals surface area contributed by atoms with Gasteiger partial charge in [0.15, 0.2) is 17.3 Å². The molecule has 1 fully saturated rings. The van der Waals surface area contributed by atoms with E-state index in [-0.39, 0.29) is 24.6 Å². The molecule has 3 unspecified atom stereocenters. The zero-order valence-electron chi connectivity index (χ0n) is 21.1. The van der Waals surface area contributed by atoms with Crippen molar-refractivity contribution < 1.29 is 33.3 Å². The van der Waals surface area contributed by atoms with Gasteiger partial charge in [0, 0.05) is 22.9 Å². The minimum absolute atomic E-state index is 0.116. The van der Waals surface area contributed by atoms with Crippen molar-refractivity contribution in [2.24, 2.45) is 11.8 Å². The van der Waals surface area contributed by atoms with Crippen LogP contribution in [0.4, 0.5) is 0 Å². The molecule has 5 rings (SSSR count). The summed E-state index contributed by atoms with van der Waals surface area (Å²) in [5.41, 5.74) is 2.92. The van der Waals surface area contributed by atoms with Crippen LogP contribution in [0, 0.1) is 11.8 Å². The van der Waals surface area contributed by atoms with Gasteiger partial charge in [-0.15, -0.1) is 0 Å². The lowest BCUT2D eigenvalue weighted by atomic mass is 9.69. The Morgan fingerprint density at radius 1 is 1.06 bits per heavy atom. The molecule has 0 bridgehead atoms. The van der Waals surface area contributed by atoms with Gasteiger partial charge in [-0.3, -0.25) is 9.59 Å². The highest BCUT2D eigenvalue weighted by Gasteiger charge is 2.47. The minimum atomic E-state index is -0.926. The molecule has 8 heteroatoms. The first-order valence-corrected chi connectivity index (χ1v) is 12.8. The summed E-state index contributed by atoms with van der Waals surface area (Å²) in [7, 11) is 1.29. The van der Waals surface area contributed by atoms with E-state index in [2.05, 4.69) is 5.32 Å². The number of carbonyl (C=O) groups excluding carboxylic acids is 3. The van der Waals surface area contributed by atoms with Crippen LogP contribution in [0.5, 0.6) is 11.5 Å². The summed E-state index contributed by atoms with van der Waals surface area (Å²) in [5, 5.41) is 3.32. The third-order valence-corrected chi connectivity index (χ3v) is 7.77. The van der Waals surface area contributed by atoms with Gasteiger partial charge in [0.2, 0.25) is 6.79 Å². The number of hydrogen-bond acceptors (Lipinski definition) is 8. The van der Waals surface area contributed by atoms with Gasteiger partial charge in [0.05, 0.1) is 12.7 Å². The maximum atomic E-state index is 13.9. The highest BCUT2D eigenvalue weighted by Crippen LogP contribution is 2.47. The Bertz CT molecular complexity index is 1140. The molecule has 1 saturated carbocycles. The standard InChI is InChI=1S/C28H33NO7/c1-15-12-19-25(26(30)22(15)27(31)33-3)24(17-10-11-20-21(13-17)35-14-34-20)23(16(2)29-19)28(32)36-18-8-6-4-5-7-9-18/h10-11,13,15,18,22,24,29H,4-9,12,14H2,1-3H3. The van der Waals surface area contributed by atoms with Gasteiger partial charge < -0.3 is 24.3 Å². The molecule has 192 valence electrons. The van der Waals surface area contributed by atoms with Crippen LogP contribution in [0.15, 0.2) is 40.7 Å². The molecule has 2 heterocycles. The summed E-state index contributed by atoms with van der Waals surface area (Å²) in [6, 6.07) is 5.45. The molecule has 2 aliphatic carbocycles. The Labute approximate surface area is 211 Å². The molecule has 0 spiro atoms. The van der Waals surface area contributed by atoms with Gasteiger partial charge in [-0.25, -0.2) is 4.79 Å². The average molecular weight is 496 g/mol. The van der Waals surface area contributed by atoms with Gasteiger partial charge in [0.25, 0.3) is 0 Å². The molecule has 2 aliphatic heterocycles. The molecule has 1 N–H and O–H groups in total. The third-order valence-electron chi connectivity index (χ3n) is 7.77. The summed E-state index contributed by atoms with van der Waals surface area (Å²) in [4.78, 5) is 40.2. The lowest BCUT2D eigenvalue weighted by Crippen LogP contribution is -2.43. The predicted octanol–water partition coefficient (Wildman–Crippen LogP) is 4.29. The number of esters is 2. The van der Waals surface area contributed by atoms with Gasteiger partial charge in [-0.2, -0.15) is 0 Å². The zero-order chi connectivity index (χ0) is 25.4. The maximum Gasteiger partial charge on any atom is 0.337 e. The summed E-state index contributed by atoms with van der Waals surface area (Å²) in [6.07, 6.45) is 6.40. The highest BCUT2D eigenvalue weighted by molar-refractivity contribution is 6.12. The van der Waals surface area contributed by atoms with Crippen molar-refractivity contribution in [2.45, 2.75) is 70.8 Å². The number of nitrogens with one attached hydrogen (secondary N) is 1. The van der Waals surface area contributed by atoms with Gasteiger partial charge >= 0.3 is 11.9 Å². The number of Topliss-reactive ketones (excluding diaryl/α,β-unsaturated/α-hetero) is 1. The van der Waals surface area contributed by atoms with Crippen LogP contribution in [0.25, 0.3) is 0 Å². The fourth-order valence-electron chi connectivity index (χ4n) is 5.95. The van der Waals surface area contributed by atoms with Crippen LogP contribution in [-0.2, 0) is 23.9 Å². The van der Waals surface area contributed by atoms with E-state index >= 15 is 0 Å². The number of carbonyl (C=O) groups is 3. The third kappa shape index (κ3) is 4.38. The fraction of sp³-hybridized carbons (Fsp3) is 0.536. The van der Waals surface area contributed by atoms with Crippen molar-refractivity contribution in [3.8, 4) is 11.5 Å². The first kappa shape index (κ1) is 24.4. The van der Waals surface area contributed by atoms with Crippen LogP contribution in [0.3, 0.4) is 0 Å². The van der Waals surface area contributed by atoms with E-state index in [1.165, 1.54) is 7.11 Å². The number of hydrogen-bond donors (Lipinski definition) is 1. The van der Waals surface area contributed by atoms with Crippen molar-refractivity contribution in [1.29, 1.82) is 0 Å². The maximum absolute atomic E-state index is 13.9. The van der Waals surface area contributed by atoms with Gasteiger partial charge in [-0.05, 0) is 62.6 Å². The predicted molar refractivity (Wildman–Crippen MR) is 130 cm³/mol. The minimum Gasteiger partial charge on any atom is -0.468 e. The monoisotopic (exact) mass is 495 g/mol. The number of dihydropyridines is 1. The van der Waals surface area contributed by atoms with Crippen molar-refractivity contribution >= 4 is 17.7 Å². The molecule has 1 aromatic carbocycles. The first-order chi connectivity index (χ1) is 17.4. The molecule has 4 aliphatic rings. The topological polar surface area (TPSA) is 100 Å². The number of fused-ring (bicyclic) bond motifs is 1. The van der Waals surface area contributed by atoms with Crippen LogP contribution in [0.2, 0.25) is 0 Å². The summed E-state index contributed by atoms with van der Waals surface area (Å²) in [6.45, 7) is 3.83. The molecule has 0 saturated heterocycles. The summed E-state index contributed by atoms with van der Waals surface area (Å²) in [5.74, 6) is -1.99. The van der Waals surface area contributed by atoms with E-state index in [0.29, 0.717) is 40.3 Å². The van der Waals surface area contributed by atoms with E-state index in [9.17, 15) is 14.4 Å².